The second-order valence-corrected chi connectivity index (χ2v) is 5.47. The van der Waals surface area contributed by atoms with Gasteiger partial charge in [0.25, 0.3) is 0 Å². The smallest absolute Gasteiger partial charge is 0.197 e. The van der Waals surface area contributed by atoms with Gasteiger partial charge in [-0.05, 0) is 13.0 Å². The summed E-state index contributed by atoms with van der Waals surface area (Å²) in [5.74, 6) is 1.11. The van der Waals surface area contributed by atoms with Crippen molar-refractivity contribution in [1.82, 2.24) is 0 Å². The van der Waals surface area contributed by atoms with Crippen LogP contribution in [0.15, 0.2) is 45.6 Å². The van der Waals surface area contributed by atoms with Gasteiger partial charge in [0, 0.05) is 17.2 Å². The topological polar surface area (TPSA) is 68.9 Å². The van der Waals surface area contributed by atoms with E-state index >= 15 is 0 Å². The number of aryl methyl sites for hydroxylation is 1. The predicted molar refractivity (Wildman–Crippen MR) is 91.7 cm³/mol. The number of hydrogen-bond acceptors (Lipinski definition) is 5. The third-order valence-electron chi connectivity index (χ3n) is 3.93. The molecule has 5 heteroatoms. The number of rotatable bonds is 4. The van der Waals surface area contributed by atoms with Crippen LogP contribution in [0.1, 0.15) is 11.1 Å². The average Bonchev–Trinajstić information content (AvgIpc) is 2.60. The van der Waals surface area contributed by atoms with Crippen LogP contribution in [0.4, 0.5) is 0 Å². The molecule has 0 bridgehead atoms. The predicted octanol–water partition coefficient (Wildman–Crippen LogP) is 3.28. The first-order chi connectivity index (χ1) is 11.6. The van der Waals surface area contributed by atoms with E-state index in [4.69, 9.17) is 13.9 Å². The molecule has 0 amide bonds. The van der Waals surface area contributed by atoms with Gasteiger partial charge >= 0.3 is 0 Å². The molecule has 3 aromatic rings. The van der Waals surface area contributed by atoms with Crippen LogP contribution < -0.4 is 14.9 Å². The van der Waals surface area contributed by atoms with Gasteiger partial charge in [-0.15, -0.1) is 0 Å². The average molecular weight is 326 g/mol. The van der Waals surface area contributed by atoms with E-state index in [1.165, 1.54) is 20.3 Å². The molecule has 0 aliphatic rings. The molecular formula is C19H18O5. The largest absolute Gasteiger partial charge is 0.496 e. The minimum absolute atomic E-state index is 0.230. The molecule has 3 rings (SSSR count). The molecule has 0 spiro atoms. The van der Waals surface area contributed by atoms with Crippen LogP contribution in [0.5, 0.6) is 11.5 Å². The van der Waals surface area contributed by atoms with Gasteiger partial charge in [0.1, 0.15) is 16.9 Å². The van der Waals surface area contributed by atoms with Crippen LogP contribution in [0.25, 0.3) is 22.3 Å². The third kappa shape index (κ3) is 2.63. The van der Waals surface area contributed by atoms with Gasteiger partial charge in [0.05, 0.1) is 20.8 Å². The first-order valence-corrected chi connectivity index (χ1v) is 7.48. The van der Waals surface area contributed by atoms with Gasteiger partial charge in [0.2, 0.25) is 0 Å². The Morgan fingerprint density at radius 3 is 2.38 bits per heavy atom. The maximum Gasteiger partial charge on any atom is 0.197 e. The number of aliphatic hydroxyl groups excluding tert-OH is 1. The summed E-state index contributed by atoms with van der Waals surface area (Å²) in [6.07, 6.45) is 0. The molecule has 1 aromatic heterocycles. The summed E-state index contributed by atoms with van der Waals surface area (Å²) in [7, 11) is 2.94. The Hall–Kier alpha value is -2.79. The van der Waals surface area contributed by atoms with E-state index in [9.17, 15) is 9.90 Å². The fourth-order valence-electron chi connectivity index (χ4n) is 2.69. The van der Waals surface area contributed by atoms with Gasteiger partial charge in [-0.3, -0.25) is 4.79 Å². The van der Waals surface area contributed by atoms with E-state index in [-0.39, 0.29) is 17.6 Å². The number of methoxy groups -OCH3 is 2. The molecule has 0 aliphatic heterocycles. The molecular weight excluding hydrogens is 308 g/mol. The first kappa shape index (κ1) is 16.1. The Bertz CT molecular complexity index is 939. The number of ether oxygens (including phenoxy) is 2. The highest BCUT2D eigenvalue weighted by atomic mass is 16.5. The zero-order chi connectivity index (χ0) is 17.3. The van der Waals surface area contributed by atoms with E-state index in [0.29, 0.717) is 28.2 Å². The summed E-state index contributed by atoms with van der Waals surface area (Å²) in [4.78, 5) is 12.6. The second-order valence-electron chi connectivity index (χ2n) is 5.47. The lowest BCUT2D eigenvalue weighted by Gasteiger charge is -2.13. The van der Waals surface area contributed by atoms with Crippen molar-refractivity contribution in [2.75, 3.05) is 14.2 Å². The standard InChI is InChI=1S/C19H18O5/c1-11-4-6-12(7-5-11)15-9-14(21)17-16(22-2)8-13(10-20)18(23-3)19(17)24-15/h4-9,20H,10H2,1-3H3. The van der Waals surface area contributed by atoms with Crippen molar-refractivity contribution < 1.29 is 19.0 Å². The van der Waals surface area contributed by atoms with E-state index in [0.717, 1.165) is 11.1 Å². The van der Waals surface area contributed by atoms with Crippen molar-refractivity contribution in [2.24, 2.45) is 0 Å². The van der Waals surface area contributed by atoms with Crippen molar-refractivity contribution >= 4 is 11.0 Å². The minimum atomic E-state index is -0.256. The van der Waals surface area contributed by atoms with Crippen LogP contribution in [0.3, 0.4) is 0 Å². The molecule has 0 fully saturated rings. The summed E-state index contributed by atoms with van der Waals surface area (Å²) in [6, 6.07) is 10.7. The van der Waals surface area contributed by atoms with Crippen molar-refractivity contribution in [3.8, 4) is 22.8 Å². The lowest BCUT2D eigenvalue weighted by Crippen LogP contribution is -2.06. The molecule has 2 aromatic carbocycles. The molecule has 5 nitrogen and oxygen atoms in total. The maximum atomic E-state index is 12.6. The molecule has 1 heterocycles. The van der Waals surface area contributed by atoms with Crippen LogP contribution in [-0.2, 0) is 6.61 Å². The maximum absolute atomic E-state index is 12.6. The van der Waals surface area contributed by atoms with Gasteiger partial charge in [-0.1, -0.05) is 29.8 Å². The lowest BCUT2D eigenvalue weighted by molar-refractivity contribution is 0.272. The van der Waals surface area contributed by atoms with Crippen LogP contribution in [0.2, 0.25) is 0 Å². The molecule has 0 atom stereocenters. The highest BCUT2D eigenvalue weighted by Crippen LogP contribution is 2.37. The quantitative estimate of drug-likeness (QED) is 0.797. The summed E-state index contributed by atoms with van der Waals surface area (Å²) in [5.41, 5.74) is 2.43. The second kappa shape index (κ2) is 6.37. The SMILES string of the molecule is COc1c(CO)cc(OC)c2c(=O)cc(-c3ccc(C)cc3)oc12. The third-order valence-corrected chi connectivity index (χ3v) is 3.93. The van der Waals surface area contributed by atoms with Crippen LogP contribution >= 0.6 is 0 Å². The zero-order valence-corrected chi connectivity index (χ0v) is 13.8. The zero-order valence-electron chi connectivity index (χ0n) is 13.8. The van der Waals surface area contributed by atoms with Gasteiger partial charge < -0.3 is 19.0 Å². The molecule has 0 saturated carbocycles. The van der Waals surface area contributed by atoms with Gasteiger partial charge in [-0.25, -0.2) is 0 Å². The highest BCUT2D eigenvalue weighted by molar-refractivity contribution is 5.90. The summed E-state index contributed by atoms with van der Waals surface area (Å²) in [6.45, 7) is 1.73. The van der Waals surface area contributed by atoms with Crippen molar-refractivity contribution in [3.63, 3.8) is 0 Å². The van der Waals surface area contributed by atoms with E-state index in [2.05, 4.69) is 0 Å². The van der Waals surface area contributed by atoms with Crippen molar-refractivity contribution in [1.29, 1.82) is 0 Å². The van der Waals surface area contributed by atoms with Gasteiger partial charge in [-0.2, -0.15) is 0 Å². The lowest BCUT2D eigenvalue weighted by atomic mass is 10.1. The molecule has 124 valence electrons. The van der Waals surface area contributed by atoms with E-state index < -0.39 is 0 Å². The Balaban J connectivity index is 2.37. The normalized spacial score (nSPS) is 10.8. The number of hydrogen-bond donors (Lipinski definition) is 1. The number of aliphatic hydroxyl groups is 1. The fourth-order valence-corrected chi connectivity index (χ4v) is 2.69. The van der Waals surface area contributed by atoms with E-state index in [1.54, 1.807) is 6.07 Å². The first-order valence-electron chi connectivity index (χ1n) is 7.48. The molecule has 1 N–H and O–H groups in total. The number of benzene rings is 2. The molecule has 0 saturated heterocycles. The van der Waals surface area contributed by atoms with Crippen LogP contribution in [-0.4, -0.2) is 19.3 Å². The Morgan fingerprint density at radius 1 is 1.08 bits per heavy atom. The van der Waals surface area contributed by atoms with E-state index in [1.807, 2.05) is 31.2 Å². The Morgan fingerprint density at radius 2 is 1.79 bits per heavy atom. The highest BCUT2D eigenvalue weighted by Gasteiger charge is 2.19. The molecule has 24 heavy (non-hydrogen) atoms. The van der Waals surface area contributed by atoms with Gasteiger partial charge in [0.15, 0.2) is 16.8 Å². The fraction of sp³-hybridized carbons (Fsp3) is 0.211. The summed E-state index contributed by atoms with van der Waals surface area (Å²) < 4.78 is 16.6. The molecule has 0 radical (unpaired) electrons. The van der Waals surface area contributed by atoms with Crippen molar-refractivity contribution in [2.45, 2.75) is 13.5 Å². The van der Waals surface area contributed by atoms with Crippen molar-refractivity contribution in [3.05, 3.63) is 57.7 Å². The molecule has 0 unspecified atom stereocenters. The summed E-state index contributed by atoms with van der Waals surface area (Å²) >= 11 is 0. The Labute approximate surface area is 139 Å². The Kier molecular flexibility index (Phi) is 4.27. The monoisotopic (exact) mass is 326 g/mol. The summed E-state index contributed by atoms with van der Waals surface area (Å²) in [5, 5.41) is 9.85. The van der Waals surface area contributed by atoms with Crippen LogP contribution in [0, 0.1) is 6.92 Å². The number of fused-ring (bicyclic) bond motifs is 1. The minimum Gasteiger partial charge on any atom is -0.496 e. The molecule has 0 aliphatic carbocycles.